The minimum absolute atomic E-state index is 0.261. The molecule has 0 spiro atoms. The van der Waals surface area contributed by atoms with E-state index in [1.807, 2.05) is 20.8 Å². The maximum atomic E-state index is 6.35. The topological polar surface area (TPSA) is 30.5 Å². The zero-order chi connectivity index (χ0) is 12.4. The zero-order valence-electron chi connectivity index (χ0n) is 9.68. The van der Waals surface area contributed by atoms with Gasteiger partial charge in [-0.2, -0.15) is 0 Å². The molecule has 7 heteroatoms. The monoisotopic (exact) mass is 447 g/mol. The van der Waals surface area contributed by atoms with E-state index in [4.69, 9.17) is 37.0 Å². The minimum atomic E-state index is -4.62. The summed E-state index contributed by atoms with van der Waals surface area (Å²) in [6, 6.07) is 0. The van der Waals surface area contributed by atoms with Gasteiger partial charge in [-0.15, -0.1) is 0 Å². The summed E-state index contributed by atoms with van der Waals surface area (Å²) in [6.07, 6.45) is 0. The molecule has 0 radical (unpaired) electrons. The summed E-state index contributed by atoms with van der Waals surface area (Å²) in [5, 5.41) is 0. The van der Waals surface area contributed by atoms with Crippen molar-refractivity contribution in [3.8, 4) is 0 Å². The van der Waals surface area contributed by atoms with Crippen LogP contribution in [0.2, 0.25) is 0 Å². The average molecular weight is 449 g/mol. The Kier molecular flexibility index (Phi) is 5.96. The van der Waals surface area contributed by atoms with Crippen molar-refractivity contribution in [2.45, 2.75) is 30.6 Å². The molecule has 0 aromatic heterocycles. The molecule has 0 aliphatic rings. The van der Waals surface area contributed by atoms with Gasteiger partial charge in [0, 0.05) is 0 Å². The van der Waals surface area contributed by atoms with Crippen LogP contribution in [0.5, 0.6) is 0 Å². The van der Waals surface area contributed by atoms with Gasteiger partial charge >= 0.3 is 105 Å². The Morgan fingerprint density at radius 1 is 1.20 bits per heavy atom. The van der Waals surface area contributed by atoms with Gasteiger partial charge in [0.1, 0.15) is 0 Å². The third-order valence-corrected chi connectivity index (χ3v) is 17.5. The fraction of sp³-hybridized carbons (Fsp3) is 1.00. The first-order valence-electron chi connectivity index (χ1n) is 4.49. The number of hydrogen-bond donors (Lipinski definition) is 1. The van der Waals surface area contributed by atoms with Crippen LogP contribution in [0.25, 0.3) is 0 Å². The van der Waals surface area contributed by atoms with Crippen LogP contribution >= 0.6 is 27.6 Å². The van der Waals surface area contributed by atoms with E-state index in [1.165, 1.54) is 7.11 Å². The van der Waals surface area contributed by atoms with E-state index in [-0.39, 0.29) is 12.1 Å². The number of ether oxygens (including phenoxy) is 2. The number of nitrogens with one attached hydrogen (secondary N) is 1. The summed E-state index contributed by atoms with van der Waals surface area (Å²) in [5.41, 5.74) is -0.261. The van der Waals surface area contributed by atoms with Crippen LogP contribution < -0.4 is 3.72 Å². The molecule has 0 bridgehead atoms. The standard InChI is InChI=1S/C4H10N.C4H9O2.3ClH.Ta/c1-4(2,3)5;1-5-3-4-6-2;;;;/h5H,1-3H3;3H,4H2,1-2H3;3*1H;/q-1;;;;;+4/p-3. The van der Waals surface area contributed by atoms with Gasteiger partial charge in [-0.1, -0.05) is 0 Å². The summed E-state index contributed by atoms with van der Waals surface area (Å²) in [7, 11) is 22.1. The Labute approximate surface area is 104 Å². The van der Waals surface area contributed by atoms with Gasteiger partial charge < -0.3 is 0 Å². The van der Waals surface area contributed by atoms with Gasteiger partial charge in [0.05, 0.1) is 0 Å². The Hall–Kier alpha value is 1.49. The third-order valence-electron chi connectivity index (χ3n) is 1.58. The van der Waals surface area contributed by atoms with Crippen molar-refractivity contribution in [3.63, 3.8) is 0 Å². The second-order valence-corrected chi connectivity index (χ2v) is 35.0. The summed E-state index contributed by atoms with van der Waals surface area (Å²) >= 11 is -4.62. The second-order valence-electron chi connectivity index (χ2n) is 4.37. The van der Waals surface area contributed by atoms with Crippen molar-refractivity contribution in [1.82, 2.24) is 3.72 Å². The molecular formula is C8H19Cl3NO2Ta. The fourth-order valence-corrected chi connectivity index (χ4v) is 18.0. The number of methoxy groups -OCH3 is 2. The Balaban J connectivity index is 4.84. The molecule has 15 heavy (non-hydrogen) atoms. The normalized spacial score (nSPS) is 18.3. The van der Waals surface area contributed by atoms with Gasteiger partial charge in [-0.05, 0) is 0 Å². The van der Waals surface area contributed by atoms with Crippen LogP contribution in [0.3, 0.4) is 0 Å². The van der Waals surface area contributed by atoms with Gasteiger partial charge in [0.15, 0.2) is 0 Å². The van der Waals surface area contributed by atoms with Crippen LogP contribution in [-0.4, -0.2) is 30.7 Å². The van der Waals surface area contributed by atoms with Crippen molar-refractivity contribution in [3.05, 3.63) is 0 Å². The molecule has 3 nitrogen and oxygen atoms in total. The molecular weight excluding hydrogens is 429 g/mol. The molecule has 0 fully saturated rings. The zero-order valence-corrected chi connectivity index (χ0v) is 15.2. The summed E-state index contributed by atoms with van der Waals surface area (Å²) in [5.74, 6) is 0. The van der Waals surface area contributed by atoms with Crippen LogP contribution in [0.4, 0.5) is 0 Å². The van der Waals surface area contributed by atoms with Crippen molar-refractivity contribution < 1.29 is 22.3 Å². The van der Waals surface area contributed by atoms with Crippen LogP contribution in [-0.2, 0) is 22.3 Å². The predicted octanol–water partition coefficient (Wildman–Crippen LogP) is 3.06. The summed E-state index contributed by atoms with van der Waals surface area (Å²) in [6.45, 7) is 6.14. The number of rotatable bonds is 5. The molecule has 0 saturated carbocycles. The molecule has 0 heterocycles. The third kappa shape index (κ3) is 6.10. The van der Waals surface area contributed by atoms with Gasteiger partial charge in [0.2, 0.25) is 0 Å². The number of hydrogen-bond acceptors (Lipinski definition) is 3. The molecule has 0 amide bonds. The summed E-state index contributed by atoms with van der Waals surface area (Å²) < 4.78 is 12.8. The molecule has 0 rings (SSSR count). The van der Waals surface area contributed by atoms with E-state index >= 15 is 0 Å². The quantitative estimate of drug-likeness (QED) is 0.701. The van der Waals surface area contributed by atoms with Gasteiger partial charge in [0.25, 0.3) is 0 Å². The van der Waals surface area contributed by atoms with E-state index < -0.39 is 17.2 Å². The Morgan fingerprint density at radius 3 is 1.93 bits per heavy atom. The van der Waals surface area contributed by atoms with E-state index in [2.05, 4.69) is 3.72 Å². The molecule has 94 valence electrons. The van der Waals surface area contributed by atoms with E-state index in [0.717, 1.165) is 0 Å². The predicted molar refractivity (Wildman–Crippen MR) is 63.1 cm³/mol. The average Bonchev–Trinajstić information content (AvgIpc) is 1.93. The van der Waals surface area contributed by atoms with Crippen LogP contribution in [0.1, 0.15) is 20.8 Å². The Morgan fingerprint density at radius 2 is 1.67 bits per heavy atom. The maximum absolute atomic E-state index is 6.35. The molecule has 0 aliphatic carbocycles. The van der Waals surface area contributed by atoms with E-state index in [0.29, 0.717) is 0 Å². The molecule has 1 atom stereocenters. The van der Waals surface area contributed by atoms with Crippen molar-refractivity contribution in [1.29, 1.82) is 0 Å². The number of halogens is 3. The molecule has 0 aliphatic heterocycles. The van der Waals surface area contributed by atoms with E-state index in [1.54, 1.807) is 7.11 Å². The van der Waals surface area contributed by atoms with Gasteiger partial charge in [-0.3, -0.25) is 0 Å². The SMILES string of the molecule is COC[CH](OC)[Ta]([Cl])([Cl])([Cl])[NH]C(C)(C)C. The molecule has 0 aromatic carbocycles. The first-order chi connectivity index (χ1) is 6.50. The van der Waals surface area contributed by atoms with Crippen molar-refractivity contribution in [2.75, 3.05) is 20.8 Å². The van der Waals surface area contributed by atoms with Crippen molar-refractivity contribution >= 4 is 27.6 Å². The molecule has 0 saturated heterocycles. The summed E-state index contributed by atoms with van der Waals surface area (Å²) in [4.78, 5) is 0. The van der Waals surface area contributed by atoms with Crippen molar-refractivity contribution in [2.24, 2.45) is 0 Å². The second kappa shape index (κ2) is 5.42. The van der Waals surface area contributed by atoms with Crippen LogP contribution in [0.15, 0.2) is 0 Å². The first kappa shape index (κ1) is 16.5. The molecule has 1 unspecified atom stereocenters. The molecule has 0 aromatic rings. The fourth-order valence-electron chi connectivity index (χ4n) is 1.15. The molecule has 1 N–H and O–H groups in total. The van der Waals surface area contributed by atoms with Crippen LogP contribution in [0, 0.1) is 0 Å². The van der Waals surface area contributed by atoms with E-state index in [9.17, 15) is 0 Å². The first-order valence-corrected chi connectivity index (χ1v) is 19.9. The van der Waals surface area contributed by atoms with Gasteiger partial charge in [-0.25, -0.2) is 0 Å². The Bertz CT molecular complexity index is 212.